The minimum Gasteiger partial charge on any atom is -0.329 e. The van der Waals surface area contributed by atoms with Crippen molar-refractivity contribution in [2.24, 2.45) is 5.11 Å². The summed E-state index contributed by atoms with van der Waals surface area (Å²) in [5.41, 5.74) is 9.26. The van der Waals surface area contributed by atoms with Crippen molar-refractivity contribution in [3.63, 3.8) is 0 Å². The minimum absolute atomic E-state index is 0.150. The maximum absolute atomic E-state index is 12.3. The van der Waals surface area contributed by atoms with Gasteiger partial charge in [0, 0.05) is 10.5 Å². The molecule has 0 aliphatic carbocycles. The fraction of sp³-hybridized carbons (Fsp3) is 0.200. The molecule has 0 fully saturated rings. The first kappa shape index (κ1) is 12.9. The van der Waals surface area contributed by atoms with E-state index in [0.29, 0.717) is 5.56 Å². The molecule has 0 spiro atoms. The highest BCUT2D eigenvalue weighted by Crippen LogP contribution is 2.29. The van der Waals surface area contributed by atoms with Crippen molar-refractivity contribution in [1.82, 2.24) is 10.1 Å². The van der Waals surface area contributed by atoms with Gasteiger partial charge in [0.15, 0.2) is 0 Å². The zero-order chi connectivity index (χ0) is 13.9. The molecule has 1 aromatic carbocycles. The van der Waals surface area contributed by atoms with Crippen molar-refractivity contribution in [1.29, 1.82) is 0 Å². The zero-order valence-corrected chi connectivity index (χ0v) is 9.29. The van der Waals surface area contributed by atoms with Crippen LogP contribution in [0.2, 0.25) is 0 Å². The average molecular weight is 269 g/mol. The number of nitrogens with zero attached hydrogens (tertiary/aromatic N) is 5. The molecule has 0 unspecified atom stereocenters. The molecule has 0 aliphatic heterocycles. The highest BCUT2D eigenvalue weighted by Gasteiger charge is 2.38. The smallest absolute Gasteiger partial charge is 0.329 e. The van der Waals surface area contributed by atoms with Gasteiger partial charge in [-0.3, -0.25) is 0 Å². The van der Waals surface area contributed by atoms with E-state index in [4.69, 9.17) is 5.53 Å². The van der Waals surface area contributed by atoms with Crippen LogP contribution in [0.25, 0.3) is 21.8 Å². The van der Waals surface area contributed by atoms with Gasteiger partial charge in [-0.15, -0.1) is 0 Å². The van der Waals surface area contributed by atoms with Crippen LogP contribution < -0.4 is 0 Å². The van der Waals surface area contributed by atoms with Crippen molar-refractivity contribution >= 4 is 0 Å². The van der Waals surface area contributed by atoms with Gasteiger partial charge in [-0.25, -0.2) is 0 Å². The third-order valence-corrected chi connectivity index (χ3v) is 2.20. The second-order valence-electron chi connectivity index (χ2n) is 3.51. The Labute approximate surface area is 104 Å². The molecule has 1 aromatic heterocycles. The lowest BCUT2D eigenvalue weighted by atomic mass is 10.1. The van der Waals surface area contributed by atoms with Gasteiger partial charge >= 0.3 is 12.1 Å². The number of rotatable bonds is 3. The molecule has 6 nitrogen and oxygen atoms in total. The number of alkyl halides is 3. The quantitative estimate of drug-likeness (QED) is 0.484. The molecule has 9 heteroatoms. The summed E-state index contributed by atoms with van der Waals surface area (Å²) in [5.74, 6) is -1.54. The number of halogens is 3. The second-order valence-corrected chi connectivity index (χ2v) is 3.51. The summed E-state index contributed by atoms with van der Waals surface area (Å²) < 4.78 is 41.0. The summed E-state index contributed by atoms with van der Waals surface area (Å²) >= 11 is 0. The van der Waals surface area contributed by atoms with E-state index in [-0.39, 0.29) is 12.4 Å². The van der Waals surface area contributed by atoms with Gasteiger partial charge in [-0.2, -0.15) is 18.2 Å². The van der Waals surface area contributed by atoms with E-state index in [1.54, 1.807) is 12.1 Å². The molecule has 0 N–H and O–H groups in total. The molecule has 0 radical (unpaired) electrons. The fourth-order valence-electron chi connectivity index (χ4n) is 1.33. The molecule has 0 atom stereocenters. The molecular formula is C10H6F3N5O. The maximum Gasteiger partial charge on any atom is 0.471 e. The van der Waals surface area contributed by atoms with Gasteiger partial charge < -0.3 is 4.52 Å². The van der Waals surface area contributed by atoms with E-state index in [2.05, 4.69) is 24.7 Å². The first-order chi connectivity index (χ1) is 9.00. The number of benzene rings is 1. The molecule has 0 aliphatic rings. The Kier molecular flexibility index (Phi) is 3.39. The van der Waals surface area contributed by atoms with Crippen LogP contribution in [0.3, 0.4) is 0 Å². The Hall–Kier alpha value is -2.54. The van der Waals surface area contributed by atoms with Crippen LogP contribution in [0.15, 0.2) is 33.9 Å². The highest BCUT2D eigenvalue weighted by atomic mass is 19.4. The summed E-state index contributed by atoms with van der Waals surface area (Å²) in [6.07, 6.45) is -4.66. The molecule has 0 saturated carbocycles. The van der Waals surface area contributed by atoms with Crippen molar-refractivity contribution in [3.05, 3.63) is 46.2 Å². The first-order valence-electron chi connectivity index (χ1n) is 5.02. The first-order valence-corrected chi connectivity index (χ1v) is 5.02. The molecule has 2 rings (SSSR count). The van der Waals surface area contributed by atoms with E-state index in [9.17, 15) is 13.2 Å². The van der Waals surface area contributed by atoms with Crippen LogP contribution in [-0.2, 0) is 12.7 Å². The third-order valence-electron chi connectivity index (χ3n) is 2.20. The minimum atomic E-state index is -4.66. The molecule has 1 heterocycles. The average Bonchev–Trinajstić information content (AvgIpc) is 2.86. The van der Waals surface area contributed by atoms with Gasteiger partial charge in [0.1, 0.15) is 0 Å². The van der Waals surface area contributed by atoms with Crippen molar-refractivity contribution in [2.45, 2.75) is 12.7 Å². The highest BCUT2D eigenvalue weighted by molar-refractivity contribution is 5.54. The van der Waals surface area contributed by atoms with Crippen LogP contribution >= 0.6 is 0 Å². The predicted octanol–water partition coefficient (Wildman–Crippen LogP) is 3.57. The monoisotopic (exact) mass is 269 g/mol. The summed E-state index contributed by atoms with van der Waals surface area (Å²) in [6, 6.07) is 6.25. The Morgan fingerprint density at radius 2 is 1.95 bits per heavy atom. The molecule has 0 bridgehead atoms. The largest absolute Gasteiger partial charge is 0.471 e. The Bertz CT molecular complexity index is 613. The molecule has 98 valence electrons. The van der Waals surface area contributed by atoms with Crippen molar-refractivity contribution in [2.75, 3.05) is 0 Å². The molecule has 2 aromatic rings. The van der Waals surface area contributed by atoms with E-state index in [1.807, 2.05) is 0 Å². The summed E-state index contributed by atoms with van der Waals surface area (Å²) in [6.45, 7) is 0.164. The third kappa shape index (κ3) is 3.02. The zero-order valence-electron chi connectivity index (χ0n) is 9.29. The lowest BCUT2D eigenvalue weighted by molar-refractivity contribution is -0.159. The van der Waals surface area contributed by atoms with Gasteiger partial charge in [-0.1, -0.05) is 34.5 Å². The van der Waals surface area contributed by atoms with Gasteiger partial charge in [0.05, 0.1) is 6.54 Å². The van der Waals surface area contributed by atoms with Gasteiger partial charge in [0.25, 0.3) is 0 Å². The predicted molar refractivity (Wildman–Crippen MR) is 57.6 cm³/mol. The van der Waals surface area contributed by atoms with Crippen LogP contribution in [-0.4, -0.2) is 10.1 Å². The fourth-order valence-corrected chi connectivity index (χ4v) is 1.33. The molecule has 0 saturated heterocycles. The standard InChI is InChI=1S/C10H6F3N5O/c11-10(12,13)9-16-8(17-19-9)7-3-1-6(2-4-7)5-15-18-14/h1-4H,5H2. The Morgan fingerprint density at radius 3 is 2.47 bits per heavy atom. The van der Waals surface area contributed by atoms with Crippen molar-refractivity contribution in [3.8, 4) is 11.4 Å². The van der Waals surface area contributed by atoms with Crippen molar-refractivity contribution < 1.29 is 17.7 Å². The number of hydrogen-bond acceptors (Lipinski definition) is 4. The lowest BCUT2D eigenvalue weighted by Gasteiger charge is -1.98. The normalized spacial score (nSPS) is 11.1. The molecule has 0 amide bonds. The van der Waals surface area contributed by atoms with Gasteiger partial charge in [0.2, 0.25) is 5.82 Å². The molecular weight excluding hydrogens is 263 g/mol. The number of hydrogen-bond donors (Lipinski definition) is 0. The van der Waals surface area contributed by atoms with Crippen LogP contribution in [0.1, 0.15) is 11.5 Å². The van der Waals surface area contributed by atoms with Crippen LogP contribution in [0.5, 0.6) is 0 Å². The molecule has 19 heavy (non-hydrogen) atoms. The van der Waals surface area contributed by atoms with Crippen LogP contribution in [0, 0.1) is 0 Å². The summed E-state index contributed by atoms with van der Waals surface area (Å²) in [7, 11) is 0. The van der Waals surface area contributed by atoms with E-state index >= 15 is 0 Å². The topological polar surface area (TPSA) is 87.7 Å². The van der Waals surface area contributed by atoms with E-state index in [1.165, 1.54) is 12.1 Å². The van der Waals surface area contributed by atoms with Gasteiger partial charge in [-0.05, 0) is 11.1 Å². The number of aromatic nitrogens is 2. The lowest BCUT2D eigenvalue weighted by Crippen LogP contribution is -2.04. The summed E-state index contributed by atoms with van der Waals surface area (Å²) in [4.78, 5) is 5.86. The second kappa shape index (κ2) is 4.99. The van der Waals surface area contributed by atoms with E-state index < -0.39 is 12.1 Å². The summed E-state index contributed by atoms with van der Waals surface area (Å²) in [5, 5.41) is 6.62. The number of azide groups is 1. The SMILES string of the molecule is [N-]=[N+]=NCc1ccc(-c2noc(C(F)(F)F)n2)cc1. The van der Waals surface area contributed by atoms with Crippen LogP contribution in [0.4, 0.5) is 13.2 Å². The van der Waals surface area contributed by atoms with E-state index in [0.717, 1.165) is 5.56 Å². The Balaban J connectivity index is 2.22. The maximum atomic E-state index is 12.3. The Morgan fingerprint density at radius 1 is 1.26 bits per heavy atom.